The minimum atomic E-state index is 0.574. The van der Waals surface area contributed by atoms with E-state index in [1.165, 1.54) is 0 Å². The minimum Gasteiger partial charge on any atom is -0.497 e. The summed E-state index contributed by atoms with van der Waals surface area (Å²) in [5.74, 6) is 3.53. The summed E-state index contributed by atoms with van der Waals surface area (Å²) in [5.41, 5.74) is 2.65. The number of hydrogen-bond donors (Lipinski definition) is 0. The molecule has 1 aliphatic rings. The maximum absolute atomic E-state index is 5.76. The number of para-hydroxylation sites is 1. The molecule has 1 aliphatic heterocycles. The van der Waals surface area contributed by atoms with Crippen molar-refractivity contribution in [1.29, 1.82) is 0 Å². The highest BCUT2D eigenvalue weighted by Gasteiger charge is 2.24. The van der Waals surface area contributed by atoms with Gasteiger partial charge in [-0.3, -0.25) is 0 Å². The van der Waals surface area contributed by atoms with E-state index >= 15 is 0 Å². The first-order chi connectivity index (χ1) is 13.7. The van der Waals surface area contributed by atoms with Crippen molar-refractivity contribution in [3.63, 3.8) is 0 Å². The Morgan fingerprint density at radius 1 is 1.00 bits per heavy atom. The van der Waals surface area contributed by atoms with Gasteiger partial charge in [-0.2, -0.15) is 9.78 Å². The first kappa shape index (κ1) is 18.4. The Bertz CT molecular complexity index is 1030. The topological polar surface area (TPSA) is 70.8 Å². The molecule has 0 saturated heterocycles. The Morgan fingerprint density at radius 3 is 2.64 bits per heavy atom. The van der Waals surface area contributed by atoms with Crippen LogP contribution < -0.4 is 14.2 Å². The highest BCUT2D eigenvalue weighted by molar-refractivity contribution is 7.99. The summed E-state index contributed by atoms with van der Waals surface area (Å²) in [7, 11) is 3.27. The normalized spacial score (nSPS) is 12.9. The van der Waals surface area contributed by atoms with Gasteiger partial charge in [0.2, 0.25) is 5.16 Å². The molecule has 28 heavy (non-hydrogen) atoms. The van der Waals surface area contributed by atoms with Gasteiger partial charge in [-0.15, -0.1) is 10.2 Å². The molecule has 2 heterocycles. The highest BCUT2D eigenvalue weighted by atomic mass is 32.2. The molecule has 3 aromatic rings. The molecule has 0 unspecified atom stereocenters. The third kappa shape index (κ3) is 3.31. The predicted molar refractivity (Wildman–Crippen MR) is 109 cm³/mol. The fourth-order valence-electron chi connectivity index (χ4n) is 3.00. The van der Waals surface area contributed by atoms with E-state index in [1.54, 1.807) is 30.7 Å². The monoisotopic (exact) mass is 396 g/mol. The third-order valence-electron chi connectivity index (χ3n) is 4.32. The van der Waals surface area contributed by atoms with Gasteiger partial charge in [-0.05, 0) is 31.2 Å². The number of benzene rings is 2. The molecule has 144 valence electrons. The maximum atomic E-state index is 5.76. The summed E-state index contributed by atoms with van der Waals surface area (Å²) >= 11 is 1.59. The molecular weight excluding hydrogens is 376 g/mol. The lowest BCUT2D eigenvalue weighted by Gasteiger charge is -2.17. The fourth-order valence-corrected chi connectivity index (χ4v) is 3.82. The van der Waals surface area contributed by atoms with Crippen molar-refractivity contribution in [2.75, 3.05) is 26.6 Å². The van der Waals surface area contributed by atoms with Crippen LogP contribution in [0.5, 0.6) is 17.2 Å². The summed E-state index contributed by atoms with van der Waals surface area (Å²) in [6, 6.07) is 13.5. The second-order valence-electron chi connectivity index (χ2n) is 5.95. The van der Waals surface area contributed by atoms with E-state index in [-0.39, 0.29) is 0 Å². The van der Waals surface area contributed by atoms with Crippen LogP contribution in [-0.4, -0.2) is 47.2 Å². The Balaban J connectivity index is 1.79. The van der Waals surface area contributed by atoms with Crippen LogP contribution in [0.1, 0.15) is 12.5 Å². The fraction of sp³-hybridized carbons (Fsp3) is 0.250. The molecule has 0 radical (unpaired) electrons. The first-order valence-electron chi connectivity index (χ1n) is 8.85. The number of ether oxygens (including phenoxy) is 3. The van der Waals surface area contributed by atoms with Crippen LogP contribution in [0.2, 0.25) is 0 Å². The van der Waals surface area contributed by atoms with Crippen LogP contribution >= 0.6 is 11.8 Å². The van der Waals surface area contributed by atoms with Gasteiger partial charge in [0.15, 0.2) is 5.82 Å². The summed E-state index contributed by atoms with van der Waals surface area (Å²) in [4.78, 5) is 0. The van der Waals surface area contributed by atoms with Gasteiger partial charge in [0.25, 0.3) is 0 Å². The Kier molecular flexibility index (Phi) is 5.21. The zero-order chi connectivity index (χ0) is 19.5. The van der Waals surface area contributed by atoms with E-state index < -0.39 is 0 Å². The zero-order valence-corrected chi connectivity index (χ0v) is 16.7. The molecule has 8 heteroatoms. The van der Waals surface area contributed by atoms with Gasteiger partial charge in [0.1, 0.15) is 17.2 Å². The maximum Gasteiger partial charge on any atom is 0.212 e. The first-order valence-corrected chi connectivity index (χ1v) is 9.84. The SMILES string of the molecule is CCOc1ccccc1-c1nnc2n1N=C(c1ccc(OC)cc1OC)CS2. The summed E-state index contributed by atoms with van der Waals surface area (Å²) in [6.45, 7) is 2.53. The molecule has 0 aliphatic carbocycles. The van der Waals surface area contributed by atoms with Crippen molar-refractivity contribution >= 4 is 17.5 Å². The molecule has 1 aromatic heterocycles. The molecule has 2 aromatic carbocycles. The van der Waals surface area contributed by atoms with Gasteiger partial charge in [-0.25, -0.2) is 0 Å². The largest absolute Gasteiger partial charge is 0.497 e. The molecule has 7 nitrogen and oxygen atoms in total. The van der Waals surface area contributed by atoms with Crippen LogP contribution in [0.4, 0.5) is 0 Å². The smallest absolute Gasteiger partial charge is 0.212 e. The summed E-state index contributed by atoms with van der Waals surface area (Å²) in [5, 5.41) is 14.2. The van der Waals surface area contributed by atoms with Crippen LogP contribution in [0.15, 0.2) is 52.7 Å². The average molecular weight is 396 g/mol. The number of thioether (sulfide) groups is 1. The lowest BCUT2D eigenvalue weighted by Crippen LogP contribution is -2.15. The lowest BCUT2D eigenvalue weighted by atomic mass is 10.1. The summed E-state index contributed by atoms with van der Waals surface area (Å²) < 4.78 is 18.4. The number of methoxy groups -OCH3 is 2. The molecule has 0 fully saturated rings. The molecule has 0 amide bonds. The molecule has 0 spiro atoms. The van der Waals surface area contributed by atoms with Crippen molar-refractivity contribution in [1.82, 2.24) is 14.9 Å². The van der Waals surface area contributed by atoms with Crippen molar-refractivity contribution in [3.05, 3.63) is 48.0 Å². The Hall–Kier alpha value is -3.00. The minimum absolute atomic E-state index is 0.574. The van der Waals surface area contributed by atoms with E-state index in [2.05, 4.69) is 10.2 Å². The standard InChI is InChI=1S/C20H20N4O3S/c1-4-27-17-8-6-5-7-15(17)19-21-22-20-24(19)23-16(12-28-20)14-10-9-13(25-2)11-18(14)26-3/h5-11H,4,12H2,1-3H3. The van der Waals surface area contributed by atoms with Gasteiger partial charge in [-0.1, -0.05) is 23.9 Å². The van der Waals surface area contributed by atoms with Crippen LogP contribution in [0.25, 0.3) is 11.4 Å². The van der Waals surface area contributed by atoms with Crippen LogP contribution in [0, 0.1) is 0 Å². The van der Waals surface area contributed by atoms with Crippen molar-refractivity contribution < 1.29 is 14.2 Å². The number of nitrogens with zero attached hydrogens (tertiary/aromatic N) is 4. The average Bonchev–Trinajstić information content (AvgIpc) is 3.17. The Labute approximate surface area is 167 Å². The lowest BCUT2D eigenvalue weighted by molar-refractivity contribution is 0.341. The van der Waals surface area contributed by atoms with Crippen molar-refractivity contribution in [3.8, 4) is 28.6 Å². The second kappa shape index (κ2) is 7.93. The van der Waals surface area contributed by atoms with Crippen molar-refractivity contribution in [2.24, 2.45) is 5.10 Å². The van der Waals surface area contributed by atoms with E-state index in [0.717, 1.165) is 33.5 Å². The molecular formula is C20H20N4O3S. The zero-order valence-electron chi connectivity index (χ0n) is 15.9. The molecule has 0 N–H and O–H groups in total. The van der Waals surface area contributed by atoms with Crippen LogP contribution in [-0.2, 0) is 0 Å². The van der Waals surface area contributed by atoms with E-state index in [0.29, 0.717) is 23.9 Å². The highest BCUT2D eigenvalue weighted by Crippen LogP contribution is 2.34. The molecule has 0 atom stereocenters. The number of aromatic nitrogens is 3. The number of fused-ring (bicyclic) bond motifs is 1. The second-order valence-corrected chi connectivity index (χ2v) is 6.89. The number of rotatable bonds is 6. The van der Waals surface area contributed by atoms with Crippen LogP contribution in [0.3, 0.4) is 0 Å². The summed E-state index contributed by atoms with van der Waals surface area (Å²) in [6.07, 6.45) is 0. The third-order valence-corrected chi connectivity index (χ3v) is 5.25. The molecule has 0 saturated carbocycles. The quantitative estimate of drug-likeness (QED) is 0.632. The van der Waals surface area contributed by atoms with E-state index in [4.69, 9.17) is 19.3 Å². The van der Waals surface area contributed by atoms with Crippen molar-refractivity contribution in [2.45, 2.75) is 12.1 Å². The van der Waals surface area contributed by atoms with Gasteiger partial charge >= 0.3 is 0 Å². The van der Waals surface area contributed by atoms with E-state index in [1.807, 2.05) is 49.4 Å². The van der Waals surface area contributed by atoms with Gasteiger partial charge < -0.3 is 14.2 Å². The molecule has 4 rings (SSSR count). The Morgan fingerprint density at radius 2 is 1.86 bits per heavy atom. The molecule has 0 bridgehead atoms. The van der Waals surface area contributed by atoms with Gasteiger partial charge in [0, 0.05) is 17.4 Å². The van der Waals surface area contributed by atoms with E-state index in [9.17, 15) is 0 Å². The van der Waals surface area contributed by atoms with Gasteiger partial charge in [0.05, 0.1) is 32.1 Å². The number of hydrogen-bond acceptors (Lipinski definition) is 7. The predicted octanol–water partition coefficient (Wildman–Crippen LogP) is 3.72.